The highest BCUT2D eigenvalue weighted by molar-refractivity contribution is 5.66. The van der Waals surface area contributed by atoms with Gasteiger partial charge in [-0.1, -0.05) is 65.0 Å². The molecule has 1 heterocycles. The second kappa shape index (κ2) is 8.57. The summed E-state index contributed by atoms with van der Waals surface area (Å²) in [6.07, 6.45) is -3.78. The monoisotopic (exact) mass is 428 g/mol. The molecule has 3 aromatic rings. The molecule has 0 fully saturated rings. The summed E-state index contributed by atoms with van der Waals surface area (Å²) in [5, 5.41) is 5.88. The number of rotatable bonds is 5. The summed E-state index contributed by atoms with van der Waals surface area (Å²) >= 11 is 0. The van der Waals surface area contributed by atoms with Gasteiger partial charge in [-0.2, -0.15) is 18.2 Å². The summed E-state index contributed by atoms with van der Waals surface area (Å²) in [7, 11) is 0. The Morgan fingerprint density at radius 2 is 1.48 bits per heavy atom. The van der Waals surface area contributed by atoms with Crippen LogP contribution < -0.4 is 10.6 Å². The summed E-state index contributed by atoms with van der Waals surface area (Å²) in [6, 6.07) is 14.9. The number of halogens is 3. The third-order valence-electron chi connectivity index (χ3n) is 4.92. The molecule has 2 aromatic carbocycles. The van der Waals surface area contributed by atoms with E-state index in [1.807, 2.05) is 57.2 Å². The SMILES string of the molecule is CC(C)c1ccc(Nc2ncc(C(F)(F)F)c(Nc3ccccc3C(C)(C)C)n2)cc1. The Morgan fingerprint density at radius 3 is 2.06 bits per heavy atom. The number of para-hydroxylation sites is 1. The number of aromatic nitrogens is 2. The van der Waals surface area contributed by atoms with E-state index < -0.39 is 11.7 Å². The van der Waals surface area contributed by atoms with Crippen LogP contribution in [0.1, 0.15) is 57.2 Å². The Bertz CT molecular complexity index is 1040. The number of nitrogens with one attached hydrogen (secondary N) is 2. The third-order valence-corrected chi connectivity index (χ3v) is 4.92. The molecule has 31 heavy (non-hydrogen) atoms. The topological polar surface area (TPSA) is 49.8 Å². The second-order valence-corrected chi connectivity index (χ2v) is 8.78. The first-order valence-electron chi connectivity index (χ1n) is 10.1. The first kappa shape index (κ1) is 22.6. The Labute approximate surface area is 181 Å². The molecule has 0 aliphatic rings. The van der Waals surface area contributed by atoms with E-state index in [1.165, 1.54) is 5.56 Å². The van der Waals surface area contributed by atoms with Gasteiger partial charge in [0.1, 0.15) is 11.4 Å². The minimum Gasteiger partial charge on any atom is -0.339 e. The van der Waals surface area contributed by atoms with Gasteiger partial charge in [-0.25, -0.2) is 4.98 Å². The normalized spacial score (nSPS) is 12.2. The molecule has 0 atom stereocenters. The van der Waals surface area contributed by atoms with Crippen molar-refractivity contribution < 1.29 is 13.2 Å². The molecule has 0 unspecified atom stereocenters. The summed E-state index contributed by atoms with van der Waals surface area (Å²) in [5.74, 6) is 0.177. The van der Waals surface area contributed by atoms with Gasteiger partial charge in [-0.15, -0.1) is 0 Å². The lowest BCUT2D eigenvalue weighted by atomic mass is 9.86. The zero-order valence-corrected chi connectivity index (χ0v) is 18.3. The van der Waals surface area contributed by atoms with Crippen LogP contribution >= 0.6 is 0 Å². The maximum atomic E-state index is 13.6. The van der Waals surface area contributed by atoms with Gasteiger partial charge >= 0.3 is 6.18 Å². The summed E-state index contributed by atoms with van der Waals surface area (Å²) in [6.45, 7) is 10.2. The van der Waals surface area contributed by atoms with E-state index in [1.54, 1.807) is 12.1 Å². The quantitative estimate of drug-likeness (QED) is 0.444. The molecule has 0 amide bonds. The van der Waals surface area contributed by atoms with Crippen LogP contribution in [0.15, 0.2) is 54.7 Å². The smallest absolute Gasteiger partial charge is 0.339 e. The van der Waals surface area contributed by atoms with Gasteiger partial charge in [-0.05, 0) is 40.7 Å². The fourth-order valence-electron chi connectivity index (χ4n) is 3.20. The van der Waals surface area contributed by atoms with E-state index in [0.29, 0.717) is 17.3 Å². The predicted octanol–water partition coefficient (Wildman–Crippen LogP) is 7.40. The molecule has 0 spiro atoms. The van der Waals surface area contributed by atoms with E-state index in [9.17, 15) is 13.2 Å². The lowest BCUT2D eigenvalue weighted by molar-refractivity contribution is -0.137. The van der Waals surface area contributed by atoms with Crippen molar-refractivity contribution in [2.75, 3.05) is 10.6 Å². The Morgan fingerprint density at radius 1 is 0.839 bits per heavy atom. The van der Waals surface area contributed by atoms with Gasteiger partial charge in [0.25, 0.3) is 0 Å². The highest BCUT2D eigenvalue weighted by Gasteiger charge is 2.35. The number of nitrogens with zero attached hydrogens (tertiary/aromatic N) is 2. The van der Waals surface area contributed by atoms with Crippen LogP contribution in [-0.4, -0.2) is 9.97 Å². The van der Waals surface area contributed by atoms with Gasteiger partial charge in [0.15, 0.2) is 0 Å². The highest BCUT2D eigenvalue weighted by atomic mass is 19.4. The van der Waals surface area contributed by atoms with Crippen molar-refractivity contribution in [3.63, 3.8) is 0 Å². The Kier molecular flexibility index (Phi) is 6.25. The van der Waals surface area contributed by atoms with Crippen LogP contribution in [-0.2, 0) is 11.6 Å². The molecule has 7 heteroatoms. The van der Waals surface area contributed by atoms with E-state index in [-0.39, 0.29) is 17.2 Å². The van der Waals surface area contributed by atoms with Gasteiger partial charge in [0.2, 0.25) is 5.95 Å². The number of alkyl halides is 3. The van der Waals surface area contributed by atoms with Crippen LogP contribution in [0.4, 0.5) is 36.3 Å². The van der Waals surface area contributed by atoms with Crippen molar-refractivity contribution in [1.29, 1.82) is 0 Å². The van der Waals surface area contributed by atoms with Crippen molar-refractivity contribution in [2.24, 2.45) is 0 Å². The lowest BCUT2D eigenvalue weighted by Gasteiger charge is -2.24. The van der Waals surface area contributed by atoms with Gasteiger partial charge in [0.05, 0.1) is 0 Å². The largest absolute Gasteiger partial charge is 0.421 e. The van der Waals surface area contributed by atoms with E-state index in [4.69, 9.17) is 0 Å². The zero-order valence-electron chi connectivity index (χ0n) is 18.3. The summed E-state index contributed by atoms with van der Waals surface area (Å²) in [4.78, 5) is 8.05. The van der Waals surface area contributed by atoms with Gasteiger partial charge in [-0.3, -0.25) is 0 Å². The van der Waals surface area contributed by atoms with Crippen molar-refractivity contribution >= 4 is 23.1 Å². The molecule has 0 aliphatic carbocycles. The second-order valence-electron chi connectivity index (χ2n) is 8.78. The molecule has 164 valence electrons. The number of anilines is 4. The van der Waals surface area contributed by atoms with Crippen molar-refractivity contribution in [3.05, 3.63) is 71.4 Å². The fraction of sp³-hybridized carbons (Fsp3) is 0.333. The minimum atomic E-state index is -4.59. The standard InChI is InChI=1S/C24H27F3N4/c1-15(2)16-10-12-17(13-11-16)29-22-28-14-19(24(25,26)27)21(31-22)30-20-9-7-6-8-18(20)23(3,4)5/h6-15H,1-5H3,(H2,28,29,30,31). The molecule has 0 radical (unpaired) electrons. The average molecular weight is 429 g/mol. The van der Waals surface area contributed by atoms with Gasteiger partial charge < -0.3 is 10.6 Å². The molecule has 4 nitrogen and oxygen atoms in total. The molecular formula is C24H27F3N4. The van der Waals surface area contributed by atoms with Crippen molar-refractivity contribution in [2.45, 2.75) is 52.1 Å². The molecule has 0 bridgehead atoms. The summed E-state index contributed by atoms with van der Waals surface area (Å²) < 4.78 is 40.9. The average Bonchev–Trinajstić information content (AvgIpc) is 2.67. The number of benzene rings is 2. The number of hydrogen-bond donors (Lipinski definition) is 2. The van der Waals surface area contributed by atoms with E-state index in [2.05, 4.69) is 34.4 Å². The Balaban J connectivity index is 1.97. The molecule has 0 saturated heterocycles. The first-order valence-corrected chi connectivity index (χ1v) is 10.1. The van der Waals surface area contributed by atoms with Crippen LogP contribution in [0.25, 0.3) is 0 Å². The molecular weight excluding hydrogens is 401 g/mol. The highest BCUT2D eigenvalue weighted by Crippen LogP contribution is 2.37. The van der Waals surface area contributed by atoms with Crippen LogP contribution in [0, 0.1) is 0 Å². The fourth-order valence-corrected chi connectivity index (χ4v) is 3.20. The minimum absolute atomic E-state index is 0.0843. The molecule has 1 aromatic heterocycles. The molecule has 0 aliphatic heterocycles. The van der Waals surface area contributed by atoms with Crippen molar-refractivity contribution in [3.8, 4) is 0 Å². The van der Waals surface area contributed by atoms with Crippen molar-refractivity contribution in [1.82, 2.24) is 9.97 Å². The first-order chi connectivity index (χ1) is 14.4. The third kappa shape index (κ3) is 5.54. The van der Waals surface area contributed by atoms with Crippen LogP contribution in [0.2, 0.25) is 0 Å². The van der Waals surface area contributed by atoms with Gasteiger partial charge in [0, 0.05) is 17.6 Å². The molecule has 0 saturated carbocycles. The summed E-state index contributed by atoms with van der Waals surface area (Å²) in [5.41, 5.74) is 2.16. The van der Waals surface area contributed by atoms with Crippen LogP contribution in [0.3, 0.4) is 0 Å². The van der Waals surface area contributed by atoms with E-state index in [0.717, 1.165) is 11.8 Å². The molecule has 2 N–H and O–H groups in total. The van der Waals surface area contributed by atoms with Crippen LogP contribution in [0.5, 0.6) is 0 Å². The maximum Gasteiger partial charge on any atom is 0.421 e. The number of hydrogen-bond acceptors (Lipinski definition) is 4. The molecule has 3 rings (SSSR count). The Hall–Kier alpha value is -3.09. The lowest BCUT2D eigenvalue weighted by Crippen LogP contribution is -2.16. The maximum absolute atomic E-state index is 13.6. The zero-order chi connectivity index (χ0) is 22.8. The van der Waals surface area contributed by atoms with E-state index >= 15 is 0 Å². The predicted molar refractivity (Wildman–Crippen MR) is 119 cm³/mol.